The Morgan fingerprint density at radius 2 is 2.16 bits per heavy atom. The molecule has 3 heterocycles. The third-order valence-corrected chi connectivity index (χ3v) is 7.26. The zero-order chi connectivity index (χ0) is 22.9. The van der Waals surface area contributed by atoms with Crippen molar-refractivity contribution in [3.63, 3.8) is 0 Å². The number of methoxy groups -OCH3 is 1. The van der Waals surface area contributed by atoms with Crippen LogP contribution in [0.2, 0.25) is 0 Å². The third kappa shape index (κ3) is 5.63. The number of anilines is 1. The molecule has 6 nitrogen and oxygen atoms in total. The predicted octanol–water partition coefficient (Wildman–Crippen LogP) is 4.90. The SMILES string of the molecule is C=Cc1cccc2sc(-c3c(NC(=O)CCNCCOC)sc4c3CCNC4)nc12.CC. The summed E-state index contributed by atoms with van der Waals surface area (Å²) in [7, 11) is 1.67. The van der Waals surface area contributed by atoms with E-state index in [1.165, 1.54) is 10.4 Å². The highest BCUT2D eigenvalue weighted by Crippen LogP contribution is 2.45. The van der Waals surface area contributed by atoms with Crippen molar-refractivity contribution in [2.45, 2.75) is 33.2 Å². The Morgan fingerprint density at radius 3 is 2.94 bits per heavy atom. The van der Waals surface area contributed by atoms with Crippen LogP contribution in [0.5, 0.6) is 0 Å². The highest BCUT2D eigenvalue weighted by atomic mass is 32.1. The highest BCUT2D eigenvalue weighted by Gasteiger charge is 2.25. The fourth-order valence-electron chi connectivity index (χ4n) is 3.58. The number of thiazole rings is 1. The molecule has 1 aliphatic rings. The van der Waals surface area contributed by atoms with Gasteiger partial charge in [-0.1, -0.05) is 38.6 Å². The number of carbonyl (C=O) groups excluding carboxylic acids is 1. The number of para-hydroxylation sites is 1. The number of rotatable bonds is 9. The minimum Gasteiger partial charge on any atom is -0.383 e. The van der Waals surface area contributed by atoms with Gasteiger partial charge >= 0.3 is 0 Å². The summed E-state index contributed by atoms with van der Waals surface area (Å²) in [5, 5.41) is 11.7. The largest absolute Gasteiger partial charge is 0.383 e. The second-order valence-electron chi connectivity index (χ2n) is 7.09. The van der Waals surface area contributed by atoms with Crippen LogP contribution in [-0.2, 0) is 22.5 Å². The van der Waals surface area contributed by atoms with E-state index in [2.05, 4.69) is 28.6 Å². The Labute approximate surface area is 198 Å². The average molecular weight is 473 g/mol. The van der Waals surface area contributed by atoms with Gasteiger partial charge in [-0.05, 0) is 24.6 Å². The fourth-order valence-corrected chi connectivity index (χ4v) is 5.96. The van der Waals surface area contributed by atoms with Crippen molar-refractivity contribution in [1.29, 1.82) is 0 Å². The maximum absolute atomic E-state index is 12.6. The number of hydrogen-bond acceptors (Lipinski definition) is 7. The van der Waals surface area contributed by atoms with E-state index in [4.69, 9.17) is 9.72 Å². The van der Waals surface area contributed by atoms with Gasteiger partial charge in [-0.2, -0.15) is 0 Å². The molecule has 0 spiro atoms. The van der Waals surface area contributed by atoms with Crippen molar-refractivity contribution in [2.24, 2.45) is 0 Å². The number of carbonyl (C=O) groups is 1. The molecule has 0 atom stereocenters. The maximum Gasteiger partial charge on any atom is 0.226 e. The Morgan fingerprint density at radius 1 is 1.31 bits per heavy atom. The van der Waals surface area contributed by atoms with Crippen LogP contribution in [0, 0.1) is 0 Å². The summed E-state index contributed by atoms with van der Waals surface area (Å²) < 4.78 is 6.15. The van der Waals surface area contributed by atoms with Crippen molar-refractivity contribution < 1.29 is 9.53 Å². The zero-order valence-corrected chi connectivity index (χ0v) is 20.7. The molecule has 8 heteroatoms. The van der Waals surface area contributed by atoms with Crippen LogP contribution < -0.4 is 16.0 Å². The number of fused-ring (bicyclic) bond motifs is 2. The van der Waals surface area contributed by atoms with Crippen LogP contribution in [0.3, 0.4) is 0 Å². The minimum atomic E-state index is 0.0145. The second-order valence-corrected chi connectivity index (χ2v) is 9.23. The van der Waals surface area contributed by atoms with Crippen LogP contribution in [-0.4, -0.2) is 44.2 Å². The van der Waals surface area contributed by atoms with Crippen molar-refractivity contribution in [3.8, 4) is 10.6 Å². The number of amides is 1. The Balaban J connectivity index is 0.00000141. The molecule has 0 fully saturated rings. The number of hydrogen-bond donors (Lipinski definition) is 3. The normalized spacial score (nSPS) is 12.7. The van der Waals surface area contributed by atoms with Crippen LogP contribution in [0.4, 0.5) is 5.00 Å². The molecule has 0 radical (unpaired) electrons. The molecule has 0 saturated carbocycles. The standard InChI is InChI=1S/C22H26N4O2S2.C2H6/c1-3-14-5-4-6-16-20(14)26-22(29-16)19-15-7-9-24-13-17(15)30-21(19)25-18(27)8-10-23-11-12-28-2;1-2/h3-6,23-24H,1,7-13H2,2H3,(H,25,27);1-2H3. The van der Waals surface area contributed by atoms with Gasteiger partial charge in [0, 0.05) is 49.2 Å². The fraction of sp³-hybridized carbons (Fsp3) is 0.417. The van der Waals surface area contributed by atoms with Crippen molar-refractivity contribution in [3.05, 3.63) is 40.8 Å². The molecule has 0 unspecified atom stereocenters. The van der Waals surface area contributed by atoms with Crippen LogP contribution in [0.25, 0.3) is 26.9 Å². The van der Waals surface area contributed by atoms with Crippen LogP contribution in [0.15, 0.2) is 24.8 Å². The van der Waals surface area contributed by atoms with E-state index in [0.717, 1.165) is 57.4 Å². The van der Waals surface area contributed by atoms with Crippen molar-refractivity contribution in [1.82, 2.24) is 15.6 Å². The zero-order valence-electron chi connectivity index (χ0n) is 19.0. The van der Waals surface area contributed by atoms with Gasteiger partial charge in [-0.15, -0.1) is 22.7 Å². The summed E-state index contributed by atoms with van der Waals surface area (Å²) in [6, 6.07) is 6.16. The van der Waals surface area contributed by atoms with E-state index in [1.54, 1.807) is 29.8 Å². The molecule has 0 saturated heterocycles. The molecule has 0 aliphatic carbocycles. The Kier molecular flexibility index (Phi) is 9.37. The van der Waals surface area contributed by atoms with Gasteiger partial charge in [0.25, 0.3) is 0 Å². The lowest BCUT2D eigenvalue weighted by Crippen LogP contribution is -2.24. The number of thiophene rings is 1. The lowest BCUT2D eigenvalue weighted by molar-refractivity contribution is -0.116. The van der Waals surface area contributed by atoms with Gasteiger partial charge in [-0.3, -0.25) is 4.79 Å². The molecule has 0 bridgehead atoms. The van der Waals surface area contributed by atoms with Crippen molar-refractivity contribution in [2.75, 3.05) is 38.7 Å². The summed E-state index contributed by atoms with van der Waals surface area (Å²) in [6.45, 7) is 11.7. The van der Waals surface area contributed by atoms with Gasteiger partial charge < -0.3 is 20.7 Å². The number of aromatic nitrogens is 1. The van der Waals surface area contributed by atoms with E-state index in [-0.39, 0.29) is 5.91 Å². The van der Waals surface area contributed by atoms with E-state index < -0.39 is 0 Å². The first-order valence-corrected chi connectivity index (χ1v) is 12.7. The summed E-state index contributed by atoms with van der Waals surface area (Å²) in [6.07, 6.45) is 3.21. The molecular weight excluding hydrogens is 440 g/mol. The lowest BCUT2D eigenvalue weighted by Gasteiger charge is -2.13. The number of benzene rings is 1. The van der Waals surface area contributed by atoms with Crippen LogP contribution >= 0.6 is 22.7 Å². The van der Waals surface area contributed by atoms with E-state index >= 15 is 0 Å². The van der Waals surface area contributed by atoms with Gasteiger partial charge in [0.2, 0.25) is 5.91 Å². The van der Waals surface area contributed by atoms with Gasteiger partial charge in [0.1, 0.15) is 10.0 Å². The third-order valence-electron chi connectivity index (χ3n) is 5.08. The molecular formula is C24H32N4O2S2. The van der Waals surface area contributed by atoms with Gasteiger partial charge in [0.05, 0.1) is 16.8 Å². The second kappa shape index (κ2) is 12.2. The summed E-state index contributed by atoms with van der Waals surface area (Å²) in [4.78, 5) is 18.8. The van der Waals surface area contributed by atoms with Gasteiger partial charge in [-0.25, -0.2) is 4.98 Å². The number of nitrogens with zero attached hydrogens (tertiary/aromatic N) is 1. The molecule has 1 aromatic carbocycles. The molecule has 1 amide bonds. The maximum atomic E-state index is 12.6. The quantitative estimate of drug-likeness (QED) is 0.386. The summed E-state index contributed by atoms with van der Waals surface area (Å²) in [5.74, 6) is 0.0145. The molecule has 1 aliphatic heterocycles. The first-order chi connectivity index (χ1) is 15.7. The number of nitrogens with one attached hydrogen (secondary N) is 3. The molecule has 4 rings (SSSR count). The minimum absolute atomic E-state index is 0.0145. The monoisotopic (exact) mass is 472 g/mol. The van der Waals surface area contributed by atoms with E-state index in [1.807, 2.05) is 32.1 Å². The molecule has 32 heavy (non-hydrogen) atoms. The molecule has 3 N–H and O–H groups in total. The highest BCUT2D eigenvalue weighted by molar-refractivity contribution is 7.23. The molecule has 172 valence electrons. The van der Waals surface area contributed by atoms with Crippen LogP contribution in [0.1, 0.15) is 36.3 Å². The average Bonchev–Trinajstić information content (AvgIpc) is 3.40. The van der Waals surface area contributed by atoms with E-state index in [0.29, 0.717) is 19.6 Å². The first-order valence-electron chi connectivity index (χ1n) is 11.1. The van der Waals surface area contributed by atoms with E-state index in [9.17, 15) is 4.79 Å². The van der Waals surface area contributed by atoms with Crippen molar-refractivity contribution >= 4 is 49.9 Å². The van der Waals surface area contributed by atoms with Gasteiger partial charge in [0.15, 0.2) is 0 Å². The molecule has 3 aromatic rings. The first kappa shape index (κ1) is 24.5. The Hall–Kier alpha value is -2.10. The summed E-state index contributed by atoms with van der Waals surface area (Å²) >= 11 is 3.34. The number of ether oxygens (including phenoxy) is 1. The topological polar surface area (TPSA) is 75.3 Å². The lowest BCUT2D eigenvalue weighted by atomic mass is 10.0. The summed E-state index contributed by atoms with van der Waals surface area (Å²) in [5.41, 5.74) is 4.41. The predicted molar refractivity (Wildman–Crippen MR) is 138 cm³/mol. The smallest absolute Gasteiger partial charge is 0.226 e. The molecule has 2 aromatic heterocycles. The Bertz CT molecular complexity index is 1060.